The van der Waals surface area contributed by atoms with E-state index in [9.17, 15) is 14.7 Å². The molecule has 0 aromatic heterocycles. The predicted octanol–water partition coefficient (Wildman–Crippen LogP) is 2.82. The quantitative estimate of drug-likeness (QED) is 0.920. The SMILES string of the molecule is Cc1cccc(C(=O)N2CC(C(=O)O)c3ccccc32)c1. The van der Waals surface area contributed by atoms with Crippen LogP contribution < -0.4 is 4.90 Å². The minimum Gasteiger partial charge on any atom is -0.481 e. The molecule has 1 unspecified atom stereocenters. The summed E-state index contributed by atoms with van der Waals surface area (Å²) < 4.78 is 0. The highest BCUT2D eigenvalue weighted by Gasteiger charge is 2.36. The van der Waals surface area contributed by atoms with Gasteiger partial charge in [0.05, 0.1) is 0 Å². The minimum absolute atomic E-state index is 0.157. The maximum absolute atomic E-state index is 12.7. The largest absolute Gasteiger partial charge is 0.481 e. The van der Waals surface area contributed by atoms with E-state index in [2.05, 4.69) is 0 Å². The Morgan fingerprint density at radius 2 is 1.90 bits per heavy atom. The predicted molar refractivity (Wildman–Crippen MR) is 79.7 cm³/mol. The number of aryl methyl sites for hydroxylation is 1. The minimum atomic E-state index is -0.901. The van der Waals surface area contributed by atoms with Gasteiger partial charge < -0.3 is 10.0 Å². The first-order valence-electron chi connectivity index (χ1n) is 6.78. The fourth-order valence-corrected chi connectivity index (χ4v) is 2.74. The van der Waals surface area contributed by atoms with Crippen LogP contribution in [0.4, 0.5) is 5.69 Å². The summed E-state index contributed by atoms with van der Waals surface area (Å²) in [7, 11) is 0. The molecule has 0 saturated carbocycles. The van der Waals surface area contributed by atoms with Crippen LogP contribution >= 0.6 is 0 Å². The lowest BCUT2D eigenvalue weighted by Gasteiger charge is -2.17. The van der Waals surface area contributed by atoms with Crippen molar-refractivity contribution in [2.45, 2.75) is 12.8 Å². The van der Waals surface area contributed by atoms with Gasteiger partial charge >= 0.3 is 5.97 Å². The lowest BCUT2D eigenvalue weighted by Crippen LogP contribution is -2.31. The smallest absolute Gasteiger partial charge is 0.312 e. The standard InChI is InChI=1S/C17H15NO3/c1-11-5-4-6-12(9-11)16(19)18-10-14(17(20)21)13-7-2-3-8-15(13)18/h2-9,14H,10H2,1H3,(H,20,21). The van der Waals surface area contributed by atoms with Crippen LogP contribution in [0, 0.1) is 6.92 Å². The first-order chi connectivity index (χ1) is 10.1. The van der Waals surface area contributed by atoms with Gasteiger partial charge in [0.1, 0.15) is 5.92 Å². The Kier molecular flexibility index (Phi) is 3.22. The first kappa shape index (κ1) is 13.4. The molecule has 2 aromatic rings. The number of carbonyl (C=O) groups is 2. The topological polar surface area (TPSA) is 57.6 Å². The van der Waals surface area contributed by atoms with Crippen LogP contribution in [-0.2, 0) is 4.79 Å². The Morgan fingerprint density at radius 3 is 2.62 bits per heavy atom. The van der Waals surface area contributed by atoms with Crippen LogP contribution in [-0.4, -0.2) is 23.5 Å². The molecule has 106 valence electrons. The Bertz CT molecular complexity index is 723. The molecule has 3 rings (SSSR count). The molecule has 4 heteroatoms. The van der Waals surface area contributed by atoms with E-state index >= 15 is 0 Å². The number of anilines is 1. The van der Waals surface area contributed by atoms with Crippen molar-refractivity contribution in [1.29, 1.82) is 0 Å². The van der Waals surface area contributed by atoms with Crippen LogP contribution in [0.1, 0.15) is 27.4 Å². The molecule has 0 bridgehead atoms. The monoisotopic (exact) mass is 281 g/mol. The molecule has 21 heavy (non-hydrogen) atoms. The van der Waals surface area contributed by atoms with E-state index in [1.165, 1.54) is 0 Å². The number of nitrogens with zero attached hydrogens (tertiary/aromatic N) is 1. The molecular weight excluding hydrogens is 266 g/mol. The number of rotatable bonds is 2. The van der Waals surface area contributed by atoms with Gasteiger partial charge in [0, 0.05) is 17.8 Å². The van der Waals surface area contributed by atoms with Crippen LogP contribution in [0.5, 0.6) is 0 Å². The van der Waals surface area contributed by atoms with E-state index in [1.807, 2.05) is 31.2 Å². The van der Waals surface area contributed by atoms with Crippen molar-refractivity contribution in [1.82, 2.24) is 0 Å². The van der Waals surface area contributed by atoms with E-state index < -0.39 is 11.9 Å². The number of para-hydroxylation sites is 1. The molecule has 1 heterocycles. The maximum atomic E-state index is 12.7. The molecule has 1 aliphatic rings. The van der Waals surface area contributed by atoms with Crippen LogP contribution in [0.15, 0.2) is 48.5 Å². The molecule has 1 amide bonds. The second kappa shape index (κ2) is 5.05. The zero-order chi connectivity index (χ0) is 15.0. The molecule has 0 aliphatic carbocycles. The molecule has 0 saturated heterocycles. The molecular formula is C17H15NO3. The van der Waals surface area contributed by atoms with Crippen LogP contribution in [0.25, 0.3) is 0 Å². The zero-order valence-electron chi connectivity index (χ0n) is 11.6. The number of carboxylic acid groups (broad SMARTS) is 1. The highest BCUT2D eigenvalue weighted by Crippen LogP contribution is 2.37. The molecule has 2 aromatic carbocycles. The average molecular weight is 281 g/mol. The van der Waals surface area contributed by atoms with Crippen molar-refractivity contribution in [3.63, 3.8) is 0 Å². The van der Waals surface area contributed by atoms with E-state index in [-0.39, 0.29) is 12.5 Å². The Balaban J connectivity index is 2.01. The molecule has 4 nitrogen and oxygen atoms in total. The summed E-state index contributed by atoms with van der Waals surface area (Å²) in [4.78, 5) is 25.6. The summed E-state index contributed by atoms with van der Waals surface area (Å²) in [6, 6.07) is 14.5. The third-order valence-corrected chi connectivity index (χ3v) is 3.78. The second-order valence-electron chi connectivity index (χ2n) is 5.23. The van der Waals surface area contributed by atoms with Crippen LogP contribution in [0.3, 0.4) is 0 Å². The fraction of sp³-hybridized carbons (Fsp3) is 0.176. The van der Waals surface area contributed by atoms with Crippen LogP contribution in [0.2, 0.25) is 0 Å². The van der Waals surface area contributed by atoms with Gasteiger partial charge in [-0.2, -0.15) is 0 Å². The van der Waals surface area contributed by atoms with Crippen molar-refractivity contribution >= 4 is 17.6 Å². The average Bonchev–Trinajstić information content (AvgIpc) is 2.86. The molecule has 0 spiro atoms. The zero-order valence-corrected chi connectivity index (χ0v) is 11.6. The van der Waals surface area contributed by atoms with Crippen molar-refractivity contribution in [3.05, 3.63) is 65.2 Å². The Labute approximate surface area is 122 Å². The highest BCUT2D eigenvalue weighted by atomic mass is 16.4. The Hall–Kier alpha value is -2.62. The first-order valence-corrected chi connectivity index (χ1v) is 6.78. The van der Waals surface area contributed by atoms with Gasteiger partial charge in [-0.1, -0.05) is 35.9 Å². The van der Waals surface area contributed by atoms with Gasteiger partial charge in [0.25, 0.3) is 5.91 Å². The number of hydrogen-bond donors (Lipinski definition) is 1. The van der Waals surface area contributed by atoms with Gasteiger partial charge in [-0.15, -0.1) is 0 Å². The summed E-state index contributed by atoms with van der Waals surface area (Å²) in [5.74, 6) is -1.72. The summed E-state index contributed by atoms with van der Waals surface area (Å²) in [6.07, 6.45) is 0. The molecule has 1 aliphatic heterocycles. The third kappa shape index (κ3) is 2.29. The number of carbonyl (C=O) groups excluding carboxylic acids is 1. The summed E-state index contributed by atoms with van der Waals surface area (Å²) >= 11 is 0. The van der Waals surface area contributed by atoms with Gasteiger partial charge in [-0.25, -0.2) is 0 Å². The summed E-state index contributed by atoms with van der Waals surface area (Å²) in [5, 5.41) is 9.34. The number of fused-ring (bicyclic) bond motifs is 1. The van der Waals surface area contributed by atoms with Crippen molar-refractivity contribution in [2.75, 3.05) is 11.4 Å². The molecule has 1 atom stereocenters. The maximum Gasteiger partial charge on any atom is 0.312 e. The van der Waals surface area contributed by atoms with E-state index in [1.54, 1.807) is 29.2 Å². The molecule has 0 fully saturated rings. The normalized spacial score (nSPS) is 16.6. The molecule has 1 N–H and O–H groups in total. The van der Waals surface area contributed by atoms with Crippen molar-refractivity contribution < 1.29 is 14.7 Å². The molecule has 0 radical (unpaired) electrons. The second-order valence-corrected chi connectivity index (χ2v) is 5.23. The summed E-state index contributed by atoms with van der Waals surface area (Å²) in [6.45, 7) is 2.11. The highest BCUT2D eigenvalue weighted by molar-refractivity contribution is 6.08. The Morgan fingerprint density at radius 1 is 1.14 bits per heavy atom. The summed E-state index contributed by atoms with van der Waals surface area (Å²) in [5.41, 5.74) is 2.97. The van der Waals surface area contributed by atoms with E-state index in [0.29, 0.717) is 16.8 Å². The van der Waals surface area contributed by atoms with Gasteiger partial charge in [0.15, 0.2) is 0 Å². The fourth-order valence-electron chi connectivity index (χ4n) is 2.74. The lowest BCUT2D eigenvalue weighted by atomic mass is 10.0. The van der Waals surface area contributed by atoms with E-state index in [0.717, 1.165) is 5.56 Å². The third-order valence-electron chi connectivity index (χ3n) is 3.78. The number of benzene rings is 2. The number of aliphatic carboxylic acids is 1. The number of hydrogen-bond acceptors (Lipinski definition) is 2. The van der Waals surface area contributed by atoms with Gasteiger partial charge in [-0.05, 0) is 30.7 Å². The van der Waals surface area contributed by atoms with Gasteiger partial charge in [-0.3, -0.25) is 9.59 Å². The van der Waals surface area contributed by atoms with Crippen molar-refractivity contribution in [3.8, 4) is 0 Å². The van der Waals surface area contributed by atoms with Gasteiger partial charge in [0.2, 0.25) is 0 Å². The van der Waals surface area contributed by atoms with E-state index in [4.69, 9.17) is 0 Å². The number of carboxylic acids is 1. The lowest BCUT2D eigenvalue weighted by molar-refractivity contribution is -0.138. The van der Waals surface area contributed by atoms with Crippen molar-refractivity contribution in [2.24, 2.45) is 0 Å². The number of amides is 1.